The van der Waals surface area contributed by atoms with E-state index in [1.165, 1.54) is 31.4 Å². The minimum Gasteiger partial charge on any atom is -0.478 e. The number of halogens is 1. The predicted molar refractivity (Wildman–Crippen MR) is 74.7 cm³/mol. The van der Waals surface area contributed by atoms with Crippen LogP contribution < -0.4 is 5.32 Å². The molecule has 0 bridgehead atoms. The molecule has 1 aromatic rings. The number of nitrogens with one attached hydrogen (secondary N) is 1. The van der Waals surface area contributed by atoms with Gasteiger partial charge in [-0.1, -0.05) is 19.3 Å². The van der Waals surface area contributed by atoms with Gasteiger partial charge in [0.25, 0.3) is 0 Å². The van der Waals surface area contributed by atoms with E-state index in [1.807, 2.05) is 0 Å². The molecule has 2 rings (SSSR count). The average molecular weight is 281 g/mol. The van der Waals surface area contributed by atoms with Crippen LogP contribution in [0.25, 0.3) is 0 Å². The minimum atomic E-state index is -1.14. The molecule has 1 aromatic carbocycles. The van der Waals surface area contributed by atoms with Crippen molar-refractivity contribution in [1.82, 2.24) is 0 Å². The van der Waals surface area contributed by atoms with E-state index in [1.54, 1.807) is 0 Å². The molecule has 0 heterocycles. The molecule has 1 aliphatic rings. The van der Waals surface area contributed by atoms with Gasteiger partial charge < -0.3 is 15.2 Å². The number of carboxylic acids is 1. The van der Waals surface area contributed by atoms with Crippen molar-refractivity contribution in [1.29, 1.82) is 0 Å². The summed E-state index contributed by atoms with van der Waals surface area (Å²) in [6.07, 6.45) is 6.28. The van der Waals surface area contributed by atoms with Crippen LogP contribution in [0.2, 0.25) is 0 Å². The second-order valence-corrected chi connectivity index (χ2v) is 5.05. The minimum absolute atomic E-state index is 0.0531. The predicted octanol–water partition coefficient (Wildman–Crippen LogP) is 3.29. The summed E-state index contributed by atoms with van der Waals surface area (Å²) < 4.78 is 18.8. The fourth-order valence-electron chi connectivity index (χ4n) is 2.49. The Kier molecular flexibility index (Phi) is 5.35. The molecule has 0 radical (unpaired) electrons. The van der Waals surface area contributed by atoms with Gasteiger partial charge in [0.05, 0.1) is 18.3 Å². The zero-order valence-electron chi connectivity index (χ0n) is 11.4. The molecule has 2 N–H and O–H groups in total. The molecule has 0 atom stereocenters. The highest BCUT2D eigenvalue weighted by molar-refractivity contribution is 5.94. The molecule has 0 saturated heterocycles. The molecule has 0 spiro atoms. The maximum Gasteiger partial charge on any atom is 0.337 e. The van der Waals surface area contributed by atoms with Gasteiger partial charge in [-0.05, 0) is 31.0 Å². The maximum atomic E-state index is 13.0. The van der Waals surface area contributed by atoms with Crippen molar-refractivity contribution in [2.45, 2.75) is 38.2 Å². The zero-order chi connectivity index (χ0) is 14.4. The number of carboxylic acid groups (broad SMARTS) is 1. The van der Waals surface area contributed by atoms with E-state index in [-0.39, 0.29) is 5.56 Å². The number of carbonyl (C=O) groups is 1. The molecule has 1 saturated carbocycles. The van der Waals surface area contributed by atoms with E-state index in [0.717, 1.165) is 18.9 Å². The Labute approximate surface area is 117 Å². The lowest BCUT2D eigenvalue weighted by Gasteiger charge is -2.22. The lowest BCUT2D eigenvalue weighted by Crippen LogP contribution is -2.21. The summed E-state index contributed by atoms with van der Waals surface area (Å²) in [5, 5.41) is 12.0. The summed E-state index contributed by atoms with van der Waals surface area (Å²) in [6, 6.07) is 3.71. The number of ether oxygens (including phenoxy) is 1. The Bertz CT molecular complexity index is 458. The summed E-state index contributed by atoms with van der Waals surface area (Å²) in [7, 11) is 0. The number of anilines is 1. The van der Waals surface area contributed by atoms with Crippen LogP contribution >= 0.6 is 0 Å². The van der Waals surface area contributed by atoms with Gasteiger partial charge in [0.1, 0.15) is 5.82 Å². The Morgan fingerprint density at radius 1 is 1.35 bits per heavy atom. The maximum absolute atomic E-state index is 13.0. The molecule has 0 aliphatic heterocycles. The third-order valence-electron chi connectivity index (χ3n) is 3.54. The molecule has 4 nitrogen and oxygen atoms in total. The zero-order valence-corrected chi connectivity index (χ0v) is 11.4. The van der Waals surface area contributed by atoms with E-state index in [9.17, 15) is 9.18 Å². The van der Waals surface area contributed by atoms with Crippen LogP contribution in [-0.2, 0) is 4.74 Å². The highest BCUT2D eigenvalue weighted by Crippen LogP contribution is 2.20. The largest absolute Gasteiger partial charge is 0.478 e. The topological polar surface area (TPSA) is 58.6 Å². The van der Waals surface area contributed by atoms with E-state index in [2.05, 4.69) is 5.32 Å². The standard InChI is InChI=1S/C15H20FNO3/c16-11-6-7-14(13(10-11)15(18)19)17-8-9-20-12-4-2-1-3-5-12/h6-7,10,12,17H,1-5,8-9H2,(H,18,19). The van der Waals surface area contributed by atoms with Crippen molar-refractivity contribution in [3.63, 3.8) is 0 Å². The second-order valence-electron chi connectivity index (χ2n) is 5.05. The summed E-state index contributed by atoms with van der Waals surface area (Å²) >= 11 is 0. The third kappa shape index (κ3) is 4.20. The lowest BCUT2D eigenvalue weighted by atomic mass is 9.98. The molecule has 1 fully saturated rings. The van der Waals surface area contributed by atoms with Gasteiger partial charge in [-0.15, -0.1) is 0 Å². The van der Waals surface area contributed by atoms with Crippen LogP contribution in [-0.4, -0.2) is 30.3 Å². The van der Waals surface area contributed by atoms with Crippen LogP contribution in [0.4, 0.5) is 10.1 Å². The number of benzene rings is 1. The third-order valence-corrected chi connectivity index (χ3v) is 3.54. The van der Waals surface area contributed by atoms with E-state index >= 15 is 0 Å². The summed E-state index contributed by atoms with van der Waals surface area (Å²) in [6.45, 7) is 1.05. The fourth-order valence-corrected chi connectivity index (χ4v) is 2.49. The molecule has 20 heavy (non-hydrogen) atoms. The van der Waals surface area contributed by atoms with Crippen LogP contribution in [0.15, 0.2) is 18.2 Å². The molecular formula is C15H20FNO3. The van der Waals surface area contributed by atoms with Crippen molar-refractivity contribution < 1.29 is 19.0 Å². The summed E-state index contributed by atoms with van der Waals surface area (Å²) in [5.74, 6) is -1.69. The molecule has 0 aromatic heterocycles. The quantitative estimate of drug-likeness (QED) is 0.786. The first kappa shape index (κ1) is 14.8. The van der Waals surface area contributed by atoms with Gasteiger partial charge in [-0.3, -0.25) is 0 Å². The molecule has 1 aliphatic carbocycles. The smallest absolute Gasteiger partial charge is 0.337 e. The van der Waals surface area contributed by atoms with E-state index in [0.29, 0.717) is 24.9 Å². The van der Waals surface area contributed by atoms with Crippen LogP contribution in [0.5, 0.6) is 0 Å². The summed E-state index contributed by atoms with van der Waals surface area (Å²) in [4.78, 5) is 11.0. The normalized spacial score (nSPS) is 16.1. The van der Waals surface area contributed by atoms with Crippen molar-refractivity contribution in [3.05, 3.63) is 29.6 Å². The van der Waals surface area contributed by atoms with Crippen molar-refractivity contribution in [2.75, 3.05) is 18.5 Å². The van der Waals surface area contributed by atoms with Gasteiger partial charge in [0.2, 0.25) is 0 Å². The monoisotopic (exact) mass is 281 g/mol. The Morgan fingerprint density at radius 3 is 2.80 bits per heavy atom. The number of aromatic carboxylic acids is 1. The van der Waals surface area contributed by atoms with Gasteiger partial charge in [0, 0.05) is 12.2 Å². The van der Waals surface area contributed by atoms with Crippen molar-refractivity contribution >= 4 is 11.7 Å². The average Bonchev–Trinajstić information content (AvgIpc) is 2.45. The highest BCUT2D eigenvalue weighted by atomic mass is 19.1. The Morgan fingerprint density at radius 2 is 2.10 bits per heavy atom. The van der Waals surface area contributed by atoms with Crippen LogP contribution in [0.3, 0.4) is 0 Å². The first-order chi connectivity index (χ1) is 9.66. The first-order valence-corrected chi connectivity index (χ1v) is 7.05. The highest BCUT2D eigenvalue weighted by Gasteiger charge is 2.14. The van der Waals surface area contributed by atoms with Gasteiger partial charge >= 0.3 is 5.97 Å². The Balaban J connectivity index is 1.80. The van der Waals surface area contributed by atoms with Gasteiger partial charge in [0.15, 0.2) is 0 Å². The first-order valence-electron chi connectivity index (χ1n) is 7.05. The number of hydrogen-bond donors (Lipinski definition) is 2. The van der Waals surface area contributed by atoms with Crippen molar-refractivity contribution in [3.8, 4) is 0 Å². The number of rotatable bonds is 6. The van der Waals surface area contributed by atoms with Gasteiger partial charge in [-0.2, -0.15) is 0 Å². The molecule has 0 amide bonds. The lowest BCUT2D eigenvalue weighted by molar-refractivity contribution is 0.0347. The SMILES string of the molecule is O=C(O)c1cc(F)ccc1NCCOC1CCCCC1. The van der Waals surface area contributed by atoms with Gasteiger partial charge in [-0.25, -0.2) is 9.18 Å². The van der Waals surface area contributed by atoms with Crippen LogP contribution in [0, 0.1) is 5.82 Å². The second kappa shape index (κ2) is 7.24. The molecule has 110 valence electrons. The fraction of sp³-hybridized carbons (Fsp3) is 0.533. The summed E-state index contributed by atoms with van der Waals surface area (Å²) in [5.41, 5.74) is 0.369. The molecule has 0 unspecified atom stereocenters. The van der Waals surface area contributed by atoms with E-state index in [4.69, 9.17) is 9.84 Å². The van der Waals surface area contributed by atoms with Crippen molar-refractivity contribution in [2.24, 2.45) is 0 Å². The van der Waals surface area contributed by atoms with Crippen LogP contribution in [0.1, 0.15) is 42.5 Å². The Hall–Kier alpha value is -1.62. The van der Waals surface area contributed by atoms with E-state index < -0.39 is 11.8 Å². The molecule has 5 heteroatoms. The number of hydrogen-bond acceptors (Lipinski definition) is 3. The molecular weight excluding hydrogens is 261 g/mol.